The van der Waals surface area contributed by atoms with E-state index in [9.17, 15) is 10.1 Å². The molecule has 1 aliphatic heterocycles. The first-order valence-electron chi connectivity index (χ1n) is 8.92. The van der Waals surface area contributed by atoms with Gasteiger partial charge in [0.2, 0.25) is 5.95 Å². The highest BCUT2D eigenvalue weighted by molar-refractivity contribution is 5.76. The van der Waals surface area contributed by atoms with Crippen LogP contribution >= 0.6 is 0 Å². The van der Waals surface area contributed by atoms with E-state index in [-0.39, 0.29) is 10.6 Å². The molecule has 0 unspecified atom stereocenters. The van der Waals surface area contributed by atoms with Gasteiger partial charge in [0.25, 0.3) is 5.69 Å². The molecule has 0 saturated carbocycles. The Morgan fingerprint density at radius 2 is 2.00 bits per heavy atom. The summed E-state index contributed by atoms with van der Waals surface area (Å²) in [6, 6.07) is 4.85. The summed E-state index contributed by atoms with van der Waals surface area (Å²) in [7, 11) is 3.40. The third-order valence-electron chi connectivity index (χ3n) is 4.67. The molecule has 0 atom stereocenters. The van der Waals surface area contributed by atoms with Crippen LogP contribution in [0.25, 0.3) is 0 Å². The molecule has 144 valence electrons. The van der Waals surface area contributed by atoms with Crippen LogP contribution in [0.3, 0.4) is 0 Å². The summed E-state index contributed by atoms with van der Waals surface area (Å²) in [4.78, 5) is 23.7. The molecule has 1 aliphatic rings. The molecule has 9 heteroatoms. The lowest BCUT2D eigenvalue weighted by atomic mass is 10.2. The number of anilines is 3. The fourth-order valence-electron chi connectivity index (χ4n) is 3.18. The highest BCUT2D eigenvalue weighted by atomic mass is 16.6. The van der Waals surface area contributed by atoms with Gasteiger partial charge < -0.3 is 19.9 Å². The smallest absolute Gasteiger partial charge is 0.294 e. The monoisotopic (exact) mass is 372 g/mol. The van der Waals surface area contributed by atoms with E-state index >= 15 is 0 Å². The highest BCUT2D eigenvalue weighted by Crippen LogP contribution is 2.38. The molecule has 0 amide bonds. The Kier molecular flexibility index (Phi) is 6.02. The summed E-state index contributed by atoms with van der Waals surface area (Å²) < 4.78 is 5.44. The number of nitro benzene ring substituents is 1. The quantitative estimate of drug-likeness (QED) is 0.558. The highest BCUT2D eigenvalue weighted by Gasteiger charge is 2.23. The van der Waals surface area contributed by atoms with Crippen molar-refractivity contribution in [3.8, 4) is 5.75 Å². The summed E-state index contributed by atoms with van der Waals surface area (Å²) in [6.07, 6.45) is 5.63. The van der Waals surface area contributed by atoms with Gasteiger partial charge >= 0.3 is 0 Å². The second-order valence-electron chi connectivity index (χ2n) is 6.47. The van der Waals surface area contributed by atoms with Crippen LogP contribution in [0.2, 0.25) is 0 Å². The zero-order valence-electron chi connectivity index (χ0n) is 15.6. The van der Waals surface area contributed by atoms with Gasteiger partial charge in [-0.1, -0.05) is 0 Å². The summed E-state index contributed by atoms with van der Waals surface area (Å²) in [6.45, 7) is 3.78. The number of aromatic nitrogens is 2. The van der Waals surface area contributed by atoms with Gasteiger partial charge in [-0.25, -0.2) is 9.97 Å². The van der Waals surface area contributed by atoms with Crippen molar-refractivity contribution in [2.45, 2.75) is 12.8 Å². The lowest BCUT2D eigenvalue weighted by Gasteiger charge is -2.24. The average Bonchev–Trinajstić information content (AvgIpc) is 3.20. The standard InChI is InChI=1S/C18H24N6O3/c1-22(10-11-23-8-3-4-9-23)15-13-17(27-2)14(12-16(15)24(25)26)21-18-19-6-5-7-20-18/h5-7,12-13H,3-4,8-11H2,1-2H3,(H,19,20,21). The Morgan fingerprint density at radius 3 is 2.63 bits per heavy atom. The fourth-order valence-corrected chi connectivity index (χ4v) is 3.18. The minimum Gasteiger partial charge on any atom is -0.494 e. The molecule has 3 rings (SSSR count). The molecule has 0 aliphatic carbocycles. The van der Waals surface area contributed by atoms with Crippen molar-refractivity contribution in [2.75, 3.05) is 50.6 Å². The van der Waals surface area contributed by atoms with Crippen molar-refractivity contribution < 1.29 is 9.66 Å². The summed E-state index contributed by atoms with van der Waals surface area (Å²) in [5, 5.41) is 14.6. The number of nitro groups is 1. The number of benzene rings is 1. The number of likely N-dealkylation sites (tertiary alicyclic amines) is 1. The first-order chi connectivity index (χ1) is 13.1. The minimum absolute atomic E-state index is 0.0122. The molecule has 1 N–H and O–H groups in total. The zero-order chi connectivity index (χ0) is 19.2. The van der Waals surface area contributed by atoms with Crippen LogP contribution < -0.4 is 15.0 Å². The third kappa shape index (κ3) is 4.62. The van der Waals surface area contributed by atoms with E-state index < -0.39 is 0 Å². The van der Waals surface area contributed by atoms with Gasteiger partial charge in [0.05, 0.1) is 17.7 Å². The number of likely N-dealkylation sites (N-methyl/N-ethyl adjacent to an activating group) is 1. The van der Waals surface area contributed by atoms with Gasteiger partial charge in [-0.15, -0.1) is 0 Å². The lowest BCUT2D eigenvalue weighted by molar-refractivity contribution is -0.384. The SMILES string of the molecule is COc1cc(N(C)CCN2CCCC2)c([N+](=O)[O-])cc1Nc1ncccn1. The van der Waals surface area contributed by atoms with Crippen molar-refractivity contribution in [1.82, 2.24) is 14.9 Å². The molecule has 0 radical (unpaired) electrons. The number of hydrogen-bond acceptors (Lipinski definition) is 8. The largest absolute Gasteiger partial charge is 0.494 e. The molecule has 27 heavy (non-hydrogen) atoms. The van der Waals surface area contributed by atoms with Crippen molar-refractivity contribution in [3.63, 3.8) is 0 Å². The number of nitrogens with zero attached hydrogens (tertiary/aromatic N) is 5. The Balaban J connectivity index is 1.85. The van der Waals surface area contributed by atoms with E-state index in [1.54, 1.807) is 24.5 Å². The number of rotatable bonds is 8. The maximum atomic E-state index is 11.7. The molecule has 1 fully saturated rings. The molecular weight excluding hydrogens is 348 g/mol. The van der Waals surface area contributed by atoms with Gasteiger partial charge in [-0.05, 0) is 32.0 Å². The summed E-state index contributed by atoms with van der Waals surface area (Å²) in [5.74, 6) is 0.844. The third-order valence-corrected chi connectivity index (χ3v) is 4.67. The number of nitrogens with one attached hydrogen (secondary N) is 1. The van der Waals surface area contributed by atoms with E-state index in [1.165, 1.54) is 26.0 Å². The van der Waals surface area contributed by atoms with Crippen LogP contribution in [-0.4, -0.2) is 60.1 Å². The normalized spacial score (nSPS) is 14.1. The van der Waals surface area contributed by atoms with E-state index in [1.807, 2.05) is 11.9 Å². The molecule has 2 aromatic rings. The molecule has 0 spiro atoms. The van der Waals surface area contributed by atoms with E-state index in [4.69, 9.17) is 4.74 Å². The molecule has 1 aromatic heterocycles. The number of hydrogen-bond donors (Lipinski definition) is 1. The van der Waals surface area contributed by atoms with Crippen LogP contribution in [0.15, 0.2) is 30.6 Å². The van der Waals surface area contributed by atoms with Gasteiger partial charge in [0, 0.05) is 44.7 Å². The Morgan fingerprint density at radius 1 is 1.30 bits per heavy atom. The van der Waals surface area contributed by atoms with E-state index in [0.717, 1.165) is 19.6 Å². The topological polar surface area (TPSA) is 96.7 Å². The molecule has 1 saturated heterocycles. The van der Waals surface area contributed by atoms with Gasteiger partial charge in [0.15, 0.2) is 0 Å². The summed E-state index contributed by atoms with van der Waals surface area (Å²) >= 11 is 0. The van der Waals surface area contributed by atoms with E-state index in [0.29, 0.717) is 29.6 Å². The van der Waals surface area contributed by atoms with Crippen LogP contribution in [-0.2, 0) is 0 Å². The van der Waals surface area contributed by atoms with Crippen molar-refractivity contribution in [2.24, 2.45) is 0 Å². The number of methoxy groups -OCH3 is 1. The second kappa shape index (κ2) is 8.63. The average molecular weight is 372 g/mol. The lowest BCUT2D eigenvalue weighted by Crippen LogP contribution is -2.31. The van der Waals surface area contributed by atoms with Crippen molar-refractivity contribution in [3.05, 3.63) is 40.7 Å². The molecule has 9 nitrogen and oxygen atoms in total. The van der Waals surface area contributed by atoms with Gasteiger partial charge in [0.1, 0.15) is 11.4 Å². The predicted octanol–water partition coefficient (Wildman–Crippen LogP) is 2.67. The number of ether oxygens (including phenoxy) is 1. The first-order valence-corrected chi connectivity index (χ1v) is 8.92. The molecule has 1 aromatic carbocycles. The summed E-state index contributed by atoms with van der Waals surface area (Å²) in [5.41, 5.74) is 0.987. The first kappa shape index (κ1) is 18.8. The molecule has 2 heterocycles. The van der Waals surface area contributed by atoms with Crippen molar-refractivity contribution >= 4 is 23.0 Å². The fraction of sp³-hybridized carbons (Fsp3) is 0.444. The minimum atomic E-state index is -0.377. The van der Waals surface area contributed by atoms with Crippen LogP contribution in [0, 0.1) is 10.1 Å². The van der Waals surface area contributed by atoms with Crippen molar-refractivity contribution in [1.29, 1.82) is 0 Å². The Bertz CT molecular complexity index is 780. The van der Waals surface area contributed by atoms with E-state index in [2.05, 4.69) is 20.2 Å². The van der Waals surface area contributed by atoms with Crippen LogP contribution in [0.1, 0.15) is 12.8 Å². The van der Waals surface area contributed by atoms with Crippen LogP contribution in [0.5, 0.6) is 5.75 Å². The molecule has 0 bridgehead atoms. The Labute approximate surface area is 158 Å². The maximum absolute atomic E-state index is 11.7. The van der Waals surface area contributed by atoms with Gasteiger partial charge in [-0.2, -0.15) is 0 Å². The molecular formula is C18H24N6O3. The van der Waals surface area contributed by atoms with Gasteiger partial charge in [-0.3, -0.25) is 10.1 Å². The maximum Gasteiger partial charge on any atom is 0.294 e. The predicted molar refractivity (Wildman–Crippen MR) is 104 cm³/mol. The van der Waals surface area contributed by atoms with Crippen LogP contribution in [0.4, 0.5) is 23.0 Å². The zero-order valence-corrected chi connectivity index (χ0v) is 15.6. The second-order valence-corrected chi connectivity index (χ2v) is 6.47. The Hall–Kier alpha value is -2.94.